The summed E-state index contributed by atoms with van der Waals surface area (Å²) in [6.45, 7) is 1.51. The summed E-state index contributed by atoms with van der Waals surface area (Å²) in [6.07, 6.45) is 0. The van der Waals surface area contributed by atoms with E-state index in [0.717, 1.165) is 6.07 Å². The molecule has 2 aromatic rings. The molecule has 0 radical (unpaired) electrons. The largest absolute Gasteiger partial charge is 0.397 e. The Hall–Kier alpha value is -2.67. The van der Waals surface area contributed by atoms with Gasteiger partial charge >= 0.3 is 0 Å². The Labute approximate surface area is 115 Å². The minimum absolute atomic E-state index is 0.0500. The van der Waals surface area contributed by atoms with Crippen LogP contribution in [-0.4, -0.2) is 0 Å². The van der Waals surface area contributed by atoms with Crippen molar-refractivity contribution < 1.29 is 8.78 Å². The molecule has 0 bridgehead atoms. The second-order valence-corrected chi connectivity index (χ2v) is 4.32. The summed E-state index contributed by atoms with van der Waals surface area (Å²) in [5.74, 6) is -1.53. The third-order valence-electron chi connectivity index (χ3n) is 3.00. The molecule has 2 N–H and O–H groups in total. The molecule has 2 rings (SSSR count). The van der Waals surface area contributed by atoms with Gasteiger partial charge in [-0.25, -0.2) is 8.78 Å². The molecule has 0 amide bonds. The van der Waals surface area contributed by atoms with E-state index in [9.17, 15) is 14.0 Å². The van der Waals surface area contributed by atoms with Gasteiger partial charge in [0.1, 0.15) is 17.7 Å². The average Bonchev–Trinajstić information content (AvgIpc) is 2.45. The summed E-state index contributed by atoms with van der Waals surface area (Å²) in [4.78, 5) is 0. The maximum absolute atomic E-state index is 14.1. The number of hydrogen-bond donors (Lipinski definition) is 1. The van der Waals surface area contributed by atoms with Crippen LogP contribution in [0.2, 0.25) is 0 Å². The SMILES string of the molecule is Cc1ccc(F)c(/C(N)=C(/C#N)c2ccccc2)c1F. The van der Waals surface area contributed by atoms with Crippen molar-refractivity contribution in [3.05, 3.63) is 70.8 Å². The molecule has 2 nitrogen and oxygen atoms in total. The first kappa shape index (κ1) is 13.8. The second kappa shape index (κ2) is 5.54. The van der Waals surface area contributed by atoms with Gasteiger partial charge in [-0.3, -0.25) is 0 Å². The fourth-order valence-electron chi connectivity index (χ4n) is 1.91. The van der Waals surface area contributed by atoms with Gasteiger partial charge in [0.05, 0.1) is 16.8 Å². The fraction of sp³-hybridized carbons (Fsp3) is 0.0625. The molecule has 2 aromatic carbocycles. The van der Waals surface area contributed by atoms with E-state index in [1.54, 1.807) is 30.3 Å². The van der Waals surface area contributed by atoms with Crippen molar-refractivity contribution in [1.82, 2.24) is 0 Å². The molecule has 0 atom stereocenters. The highest BCUT2D eigenvalue weighted by Gasteiger charge is 2.18. The van der Waals surface area contributed by atoms with E-state index in [1.165, 1.54) is 13.0 Å². The van der Waals surface area contributed by atoms with Crippen molar-refractivity contribution in [2.75, 3.05) is 0 Å². The molecule has 0 saturated carbocycles. The first-order valence-electron chi connectivity index (χ1n) is 5.96. The van der Waals surface area contributed by atoms with Crippen molar-refractivity contribution >= 4 is 11.3 Å². The molecule has 0 aromatic heterocycles. The third kappa shape index (κ3) is 2.39. The van der Waals surface area contributed by atoms with Gasteiger partial charge in [0.25, 0.3) is 0 Å². The van der Waals surface area contributed by atoms with Crippen LogP contribution in [0.4, 0.5) is 8.78 Å². The molecule has 0 fully saturated rings. The predicted octanol–water partition coefficient (Wildman–Crippen LogP) is 3.62. The predicted molar refractivity (Wildman–Crippen MR) is 74.2 cm³/mol. The summed E-state index contributed by atoms with van der Waals surface area (Å²) < 4.78 is 27.9. The van der Waals surface area contributed by atoms with E-state index in [2.05, 4.69) is 0 Å². The Morgan fingerprint density at radius 3 is 2.35 bits per heavy atom. The molecular weight excluding hydrogens is 258 g/mol. The van der Waals surface area contributed by atoms with Crippen molar-refractivity contribution in [1.29, 1.82) is 5.26 Å². The normalized spacial score (nSPS) is 11.7. The summed E-state index contributed by atoms with van der Waals surface area (Å²) in [5, 5.41) is 9.23. The van der Waals surface area contributed by atoms with Crippen LogP contribution in [0.3, 0.4) is 0 Å². The molecule has 0 saturated heterocycles. The van der Waals surface area contributed by atoms with E-state index in [-0.39, 0.29) is 22.4 Å². The molecule has 0 aliphatic heterocycles. The number of rotatable bonds is 2. The quantitative estimate of drug-likeness (QED) is 0.669. The van der Waals surface area contributed by atoms with Crippen LogP contribution in [0.15, 0.2) is 42.5 Å². The van der Waals surface area contributed by atoms with Gasteiger partial charge in [-0.2, -0.15) is 5.26 Å². The molecular formula is C16H12F2N2. The molecule has 0 unspecified atom stereocenters. The molecule has 100 valence electrons. The van der Waals surface area contributed by atoms with Crippen LogP contribution in [0.1, 0.15) is 16.7 Å². The monoisotopic (exact) mass is 270 g/mol. The maximum atomic E-state index is 14.1. The van der Waals surface area contributed by atoms with E-state index in [1.807, 2.05) is 6.07 Å². The average molecular weight is 270 g/mol. The van der Waals surface area contributed by atoms with Crippen molar-refractivity contribution in [2.45, 2.75) is 6.92 Å². The number of hydrogen-bond acceptors (Lipinski definition) is 2. The van der Waals surface area contributed by atoms with Crippen LogP contribution in [0, 0.1) is 29.9 Å². The van der Waals surface area contributed by atoms with E-state index in [0.29, 0.717) is 5.56 Å². The van der Waals surface area contributed by atoms with Crippen molar-refractivity contribution in [2.24, 2.45) is 5.73 Å². The number of nitrogens with two attached hydrogens (primary N) is 1. The Kier molecular flexibility index (Phi) is 3.81. The van der Waals surface area contributed by atoms with Gasteiger partial charge in [0.15, 0.2) is 0 Å². The molecule has 0 aliphatic rings. The Morgan fingerprint density at radius 2 is 1.75 bits per heavy atom. The summed E-state index contributed by atoms with van der Waals surface area (Å²) in [5.41, 5.74) is 6.12. The van der Waals surface area contributed by atoms with E-state index >= 15 is 0 Å². The Morgan fingerprint density at radius 1 is 1.10 bits per heavy atom. The number of benzene rings is 2. The topological polar surface area (TPSA) is 49.8 Å². The van der Waals surface area contributed by atoms with Crippen LogP contribution in [0.5, 0.6) is 0 Å². The zero-order chi connectivity index (χ0) is 14.7. The lowest BCUT2D eigenvalue weighted by molar-refractivity contribution is 0.571. The zero-order valence-electron chi connectivity index (χ0n) is 10.8. The van der Waals surface area contributed by atoms with Gasteiger partial charge in [0.2, 0.25) is 0 Å². The minimum Gasteiger partial charge on any atom is -0.397 e. The van der Waals surface area contributed by atoms with Gasteiger partial charge in [-0.05, 0) is 24.1 Å². The fourth-order valence-corrected chi connectivity index (χ4v) is 1.91. The van der Waals surface area contributed by atoms with E-state index < -0.39 is 11.6 Å². The number of nitriles is 1. The van der Waals surface area contributed by atoms with Gasteiger partial charge in [0, 0.05) is 0 Å². The first-order valence-corrected chi connectivity index (χ1v) is 5.96. The Bertz CT molecular complexity index is 713. The molecule has 0 heterocycles. The van der Waals surface area contributed by atoms with Gasteiger partial charge < -0.3 is 5.73 Å². The smallest absolute Gasteiger partial charge is 0.138 e. The Balaban J connectivity index is 2.71. The van der Waals surface area contributed by atoms with Gasteiger partial charge in [-0.1, -0.05) is 36.4 Å². The highest BCUT2D eigenvalue weighted by atomic mass is 19.1. The molecule has 0 spiro atoms. The lowest BCUT2D eigenvalue weighted by atomic mass is 9.99. The van der Waals surface area contributed by atoms with E-state index in [4.69, 9.17) is 5.73 Å². The third-order valence-corrected chi connectivity index (χ3v) is 3.00. The lowest BCUT2D eigenvalue weighted by Gasteiger charge is -2.10. The standard InChI is InChI=1S/C16H12F2N2/c1-10-7-8-13(17)14(15(10)18)16(20)12(9-19)11-5-3-2-4-6-11/h2-8H,20H2,1H3/b16-12+. The second-order valence-electron chi connectivity index (χ2n) is 4.32. The molecule has 0 aliphatic carbocycles. The van der Waals surface area contributed by atoms with Crippen LogP contribution < -0.4 is 5.73 Å². The summed E-state index contributed by atoms with van der Waals surface area (Å²) >= 11 is 0. The summed E-state index contributed by atoms with van der Waals surface area (Å²) in [6, 6.07) is 12.9. The number of nitrogens with zero attached hydrogens (tertiary/aromatic N) is 1. The maximum Gasteiger partial charge on any atom is 0.138 e. The lowest BCUT2D eigenvalue weighted by Crippen LogP contribution is -2.07. The van der Waals surface area contributed by atoms with Crippen LogP contribution in [0.25, 0.3) is 11.3 Å². The number of allylic oxidation sites excluding steroid dienone is 1. The highest BCUT2D eigenvalue weighted by Crippen LogP contribution is 2.27. The highest BCUT2D eigenvalue weighted by molar-refractivity contribution is 5.96. The van der Waals surface area contributed by atoms with Crippen molar-refractivity contribution in [3.8, 4) is 6.07 Å². The van der Waals surface area contributed by atoms with Crippen LogP contribution in [-0.2, 0) is 0 Å². The number of aryl methyl sites for hydroxylation is 1. The first-order chi connectivity index (χ1) is 9.56. The molecule has 4 heteroatoms. The minimum atomic E-state index is -0.783. The van der Waals surface area contributed by atoms with Crippen LogP contribution >= 0.6 is 0 Å². The van der Waals surface area contributed by atoms with Gasteiger partial charge in [-0.15, -0.1) is 0 Å². The zero-order valence-corrected chi connectivity index (χ0v) is 10.8. The van der Waals surface area contributed by atoms with Crippen molar-refractivity contribution in [3.63, 3.8) is 0 Å². The molecule has 20 heavy (non-hydrogen) atoms. The number of halogens is 2. The summed E-state index contributed by atoms with van der Waals surface area (Å²) in [7, 11) is 0.